The number of nitrogens with one attached hydrogen (secondary N) is 1. The normalized spacial score (nSPS) is 23.7. The van der Waals surface area contributed by atoms with Crippen LogP contribution in [0.1, 0.15) is 30.7 Å². The Morgan fingerprint density at radius 3 is 2.36 bits per heavy atom. The number of non-ortho nitro benzene ring substituents is 1. The molecular formula is C26H24FN5O4. The number of piperazine rings is 1. The Bertz CT molecular complexity index is 1290. The Kier molecular flexibility index (Phi) is 5.92. The van der Waals surface area contributed by atoms with E-state index in [1.54, 1.807) is 17.0 Å². The molecule has 2 unspecified atom stereocenters. The molecule has 3 aliphatic rings. The SMILES string of the molecule is N#CC1(C(=O)N2CCN(c3ccc([N+](=O)[O-])cc3)CC2)NC2=C(C(=O)CCC2)C1c1ccc(F)cc1. The monoisotopic (exact) mass is 489 g/mol. The molecule has 0 saturated carbocycles. The van der Waals surface area contributed by atoms with Crippen molar-refractivity contribution in [1.82, 2.24) is 10.2 Å². The molecular weight excluding hydrogens is 465 g/mol. The molecule has 9 nitrogen and oxygen atoms in total. The molecule has 5 rings (SSSR count). The van der Waals surface area contributed by atoms with Gasteiger partial charge in [0.15, 0.2) is 5.78 Å². The summed E-state index contributed by atoms with van der Waals surface area (Å²) in [6, 6.07) is 14.1. The number of hydrogen-bond donors (Lipinski definition) is 1. The minimum absolute atomic E-state index is 0.00804. The van der Waals surface area contributed by atoms with Crippen molar-refractivity contribution in [3.05, 3.63) is 81.3 Å². The maximum absolute atomic E-state index is 14.0. The van der Waals surface area contributed by atoms with Gasteiger partial charge in [-0.2, -0.15) is 5.26 Å². The summed E-state index contributed by atoms with van der Waals surface area (Å²) >= 11 is 0. The molecule has 2 aromatic carbocycles. The minimum atomic E-state index is -1.70. The minimum Gasteiger partial charge on any atom is -0.368 e. The number of ketones is 1. The number of nitriles is 1. The van der Waals surface area contributed by atoms with Crippen LogP contribution in [0.5, 0.6) is 0 Å². The molecule has 2 heterocycles. The van der Waals surface area contributed by atoms with E-state index >= 15 is 0 Å². The van der Waals surface area contributed by atoms with Crippen LogP contribution in [0.4, 0.5) is 15.8 Å². The number of anilines is 1. The summed E-state index contributed by atoms with van der Waals surface area (Å²) in [5.74, 6) is -1.77. The molecule has 10 heteroatoms. The van der Waals surface area contributed by atoms with Gasteiger partial charge < -0.3 is 15.1 Å². The van der Waals surface area contributed by atoms with Gasteiger partial charge in [0, 0.05) is 61.7 Å². The summed E-state index contributed by atoms with van der Waals surface area (Å²) in [4.78, 5) is 41.0. The summed E-state index contributed by atoms with van der Waals surface area (Å²) in [7, 11) is 0. The lowest BCUT2D eigenvalue weighted by atomic mass is 9.74. The first-order chi connectivity index (χ1) is 17.3. The van der Waals surface area contributed by atoms with Crippen molar-refractivity contribution in [2.45, 2.75) is 30.7 Å². The number of nitro groups is 1. The lowest BCUT2D eigenvalue weighted by molar-refractivity contribution is -0.384. The zero-order chi connectivity index (χ0) is 25.4. The molecule has 2 aromatic rings. The van der Waals surface area contributed by atoms with Gasteiger partial charge in [-0.15, -0.1) is 0 Å². The van der Waals surface area contributed by atoms with Gasteiger partial charge >= 0.3 is 0 Å². The molecule has 1 N–H and O–H groups in total. The van der Waals surface area contributed by atoms with Gasteiger partial charge in [-0.25, -0.2) is 4.39 Å². The van der Waals surface area contributed by atoms with Crippen LogP contribution in [-0.4, -0.2) is 53.2 Å². The predicted molar refractivity (Wildman–Crippen MR) is 128 cm³/mol. The molecule has 184 valence electrons. The molecule has 1 aliphatic carbocycles. The zero-order valence-electron chi connectivity index (χ0n) is 19.4. The average Bonchev–Trinajstić information content (AvgIpc) is 3.25. The molecule has 1 fully saturated rings. The molecule has 1 saturated heterocycles. The van der Waals surface area contributed by atoms with E-state index in [0.29, 0.717) is 62.3 Å². The highest BCUT2D eigenvalue weighted by molar-refractivity contribution is 6.04. The van der Waals surface area contributed by atoms with Gasteiger partial charge in [0.05, 0.1) is 10.8 Å². The highest BCUT2D eigenvalue weighted by Crippen LogP contribution is 2.46. The lowest BCUT2D eigenvalue weighted by Crippen LogP contribution is -2.61. The maximum Gasteiger partial charge on any atom is 0.269 e. The Hall–Kier alpha value is -4.26. The number of rotatable bonds is 4. The number of carbonyl (C=O) groups is 2. The van der Waals surface area contributed by atoms with E-state index in [0.717, 1.165) is 5.69 Å². The lowest BCUT2D eigenvalue weighted by Gasteiger charge is -2.40. The molecule has 1 amide bonds. The van der Waals surface area contributed by atoms with E-state index in [2.05, 4.69) is 11.4 Å². The Morgan fingerprint density at radius 1 is 1.08 bits per heavy atom. The fourth-order valence-electron chi connectivity index (χ4n) is 5.45. The highest BCUT2D eigenvalue weighted by atomic mass is 19.1. The van der Waals surface area contributed by atoms with Crippen LogP contribution in [0.25, 0.3) is 0 Å². The van der Waals surface area contributed by atoms with Crippen LogP contribution in [0.15, 0.2) is 59.8 Å². The van der Waals surface area contributed by atoms with Crippen molar-refractivity contribution >= 4 is 23.1 Å². The van der Waals surface area contributed by atoms with Crippen LogP contribution in [0.3, 0.4) is 0 Å². The summed E-state index contributed by atoms with van der Waals surface area (Å²) in [5, 5.41) is 24.5. The maximum atomic E-state index is 14.0. The van der Waals surface area contributed by atoms with E-state index in [1.165, 1.54) is 36.4 Å². The number of hydrogen-bond acceptors (Lipinski definition) is 7. The van der Waals surface area contributed by atoms with E-state index in [9.17, 15) is 29.4 Å². The Labute approximate surface area is 206 Å². The first kappa shape index (κ1) is 23.5. The third-order valence-corrected chi connectivity index (χ3v) is 7.24. The number of nitro benzene ring substituents is 1. The number of benzene rings is 2. The molecule has 0 spiro atoms. The molecule has 0 bridgehead atoms. The van der Waals surface area contributed by atoms with Gasteiger partial charge in [0.25, 0.3) is 11.6 Å². The van der Waals surface area contributed by atoms with E-state index < -0.39 is 28.1 Å². The van der Waals surface area contributed by atoms with Gasteiger partial charge in [0.2, 0.25) is 5.54 Å². The average molecular weight is 490 g/mol. The van der Waals surface area contributed by atoms with Crippen molar-refractivity contribution < 1.29 is 18.9 Å². The van der Waals surface area contributed by atoms with Crippen molar-refractivity contribution in [3.63, 3.8) is 0 Å². The van der Waals surface area contributed by atoms with Crippen LogP contribution in [-0.2, 0) is 9.59 Å². The van der Waals surface area contributed by atoms with Gasteiger partial charge in [0.1, 0.15) is 11.9 Å². The summed E-state index contributed by atoms with van der Waals surface area (Å²) in [6.45, 7) is 1.65. The van der Waals surface area contributed by atoms with Crippen LogP contribution < -0.4 is 10.2 Å². The molecule has 2 aliphatic heterocycles. The number of amides is 1. The Morgan fingerprint density at radius 2 is 1.75 bits per heavy atom. The first-order valence-corrected chi connectivity index (χ1v) is 11.8. The molecule has 2 atom stereocenters. The van der Waals surface area contributed by atoms with E-state index in [4.69, 9.17) is 0 Å². The summed E-state index contributed by atoms with van der Waals surface area (Å²) in [6.07, 6.45) is 1.57. The van der Waals surface area contributed by atoms with Crippen molar-refractivity contribution in [2.75, 3.05) is 31.1 Å². The van der Waals surface area contributed by atoms with Gasteiger partial charge in [-0.1, -0.05) is 12.1 Å². The van der Waals surface area contributed by atoms with Crippen LogP contribution >= 0.6 is 0 Å². The number of Topliss-reactive ketones (excluding diaryl/α,β-unsaturated/α-hetero) is 1. The number of allylic oxidation sites excluding steroid dienone is 1. The summed E-state index contributed by atoms with van der Waals surface area (Å²) in [5.41, 5.74) is 0.746. The van der Waals surface area contributed by atoms with Crippen molar-refractivity contribution in [2.24, 2.45) is 0 Å². The predicted octanol–water partition coefficient (Wildman–Crippen LogP) is 3.04. The standard InChI is InChI=1S/C26H24FN5O4/c27-18-6-4-17(5-7-18)24-23-21(2-1-3-22(23)33)29-26(24,16-28)25(34)31-14-12-30(13-15-31)19-8-10-20(11-9-19)32(35)36/h4-11,24,29H,1-3,12-15H2. The molecule has 36 heavy (non-hydrogen) atoms. The van der Waals surface area contributed by atoms with Gasteiger partial charge in [-0.05, 0) is 42.7 Å². The van der Waals surface area contributed by atoms with Crippen LogP contribution in [0, 0.1) is 27.3 Å². The first-order valence-electron chi connectivity index (χ1n) is 11.8. The second kappa shape index (κ2) is 9.07. The van der Waals surface area contributed by atoms with Crippen molar-refractivity contribution in [1.29, 1.82) is 5.26 Å². The van der Waals surface area contributed by atoms with E-state index in [-0.39, 0.29) is 11.5 Å². The van der Waals surface area contributed by atoms with E-state index in [1.807, 2.05) is 4.90 Å². The van der Waals surface area contributed by atoms with Crippen molar-refractivity contribution in [3.8, 4) is 6.07 Å². The number of carbonyl (C=O) groups excluding carboxylic acids is 2. The summed E-state index contributed by atoms with van der Waals surface area (Å²) < 4.78 is 13.7. The third-order valence-electron chi connectivity index (χ3n) is 7.24. The second-order valence-electron chi connectivity index (χ2n) is 9.25. The number of nitrogens with zero attached hydrogens (tertiary/aromatic N) is 4. The Balaban J connectivity index is 1.40. The number of halogens is 1. The van der Waals surface area contributed by atoms with Gasteiger partial charge in [-0.3, -0.25) is 19.7 Å². The second-order valence-corrected chi connectivity index (χ2v) is 9.25. The topological polar surface area (TPSA) is 120 Å². The largest absolute Gasteiger partial charge is 0.368 e. The fraction of sp³-hybridized carbons (Fsp3) is 0.346. The fourth-order valence-corrected chi connectivity index (χ4v) is 5.45. The highest BCUT2D eigenvalue weighted by Gasteiger charge is 2.57. The smallest absolute Gasteiger partial charge is 0.269 e. The molecule has 0 radical (unpaired) electrons. The third kappa shape index (κ3) is 3.86. The molecule has 0 aromatic heterocycles. The zero-order valence-corrected chi connectivity index (χ0v) is 19.4. The van der Waals surface area contributed by atoms with Crippen LogP contribution in [0.2, 0.25) is 0 Å². The quantitative estimate of drug-likeness (QED) is 0.518.